The highest BCUT2D eigenvalue weighted by Crippen LogP contribution is 2.18. The summed E-state index contributed by atoms with van der Waals surface area (Å²) in [5, 5.41) is 19.7. The maximum atomic E-state index is 10.3. The van der Waals surface area contributed by atoms with Crippen molar-refractivity contribution in [2.45, 2.75) is 19.1 Å². The molecule has 0 bridgehead atoms. The second-order valence-corrected chi connectivity index (χ2v) is 6.43. The standard InChI is InChI=1S/C15H23BrN2O2/c1-12(19)10-17-6-8-18(9-7-17)11-15(20)13-2-4-14(16)5-3-13/h2-5,12,15,19-20H,6-11H2,1H3/t12-,15+/m0/s1. The van der Waals surface area contributed by atoms with E-state index in [9.17, 15) is 10.2 Å². The highest BCUT2D eigenvalue weighted by Gasteiger charge is 2.20. The van der Waals surface area contributed by atoms with Gasteiger partial charge in [0.25, 0.3) is 0 Å². The lowest BCUT2D eigenvalue weighted by molar-refractivity contribution is 0.0526. The van der Waals surface area contributed by atoms with Gasteiger partial charge in [0.05, 0.1) is 12.2 Å². The first kappa shape index (κ1) is 15.9. The van der Waals surface area contributed by atoms with E-state index < -0.39 is 6.10 Å². The topological polar surface area (TPSA) is 46.9 Å². The maximum absolute atomic E-state index is 10.3. The number of aliphatic hydroxyl groups excluding tert-OH is 2. The van der Waals surface area contributed by atoms with E-state index in [2.05, 4.69) is 25.7 Å². The minimum absolute atomic E-state index is 0.269. The summed E-state index contributed by atoms with van der Waals surface area (Å²) >= 11 is 3.40. The van der Waals surface area contributed by atoms with Crippen LogP contribution in [0.1, 0.15) is 18.6 Å². The lowest BCUT2D eigenvalue weighted by atomic mass is 10.1. The Balaban J connectivity index is 1.79. The second-order valence-electron chi connectivity index (χ2n) is 5.52. The van der Waals surface area contributed by atoms with Crippen molar-refractivity contribution >= 4 is 15.9 Å². The fraction of sp³-hybridized carbons (Fsp3) is 0.600. The number of rotatable bonds is 5. The third kappa shape index (κ3) is 4.82. The Labute approximate surface area is 129 Å². The zero-order valence-corrected chi connectivity index (χ0v) is 13.5. The summed E-state index contributed by atoms with van der Waals surface area (Å²) in [5.41, 5.74) is 0.958. The van der Waals surface area contributed by atoms with E-state index in [0.29, 0.717) is 6.54 Å². The molecule has 1 aliphatic heterocycles. The Morgan fingerprint density at radius 1 is 1.00 bits per heavy atom. The van der Waals surface area contributed by atoms with Gasteiger partial charge in [0, 0.05) is 43.7 Å². The first-order valence-corrected chi connectivity index (χ1v) is 7.90. The first-order valence-electron chi connectivity index (χ1n) is 7.11. The normalized spacial score (nSPS) is 20.8. The van der Waals surface area contributed by atoms with E-state index in [0.717, 1.165) is 42.8 Å². The lowest BCUT2D eigenvalue weighted by Gasteiger charge is -2.36. The number of hydrogen-bond acceptors (Lipinski definition) is 4. The number of hydrogen-bond donors (Lipinski definition) is 2. The fourth-order valence-electron chi connectivity index (χ4n) is 2.56. The van der Waals surface area contributed by atoms with Crippen molar-refractivity contribution < 1.29 is 10.2 Å². The van der Waals surface area contributed by atoms with Gasteiger partial charge in [-0.3, -0.25) is 9.80 Å². The van der Waals surface area contributed by atoms with Crippen molar-refractivity contribution in [1.29, 1.82) is 0 Å². The van der Waals surface area contributed by atoms with Crippen molar-refractivity contribution in [3.8, 4) is 0 Å². The molecule has 0 unspecified atom stereocenters. The van der Waals surface area contributed by atoms with Gasteiger partial charge in [-0.1, -0.05) is 28.1 Å². The molecule has 0 saturated carbocycles. The van der Waals surface area contributed by atoms with Crippen LogP contribution >= 0.6 is 15.9 Å². The molecule has 0 amide bonds. The van der Waals surface area contributed by atoms with Gasteiger partial charge in [-0.25, -0.2) is 0 Å². The quantitative estimate of drug-likeness (QED) is 0.850. The molecule has 0 spiro atoms. The Kier molecular flexibility index (Phi) is 5.99. The van der Waals surface area contributed by atoms with E-state index in [1.54, 1.807) is 0 Å². The molecule has 112 valence electrons. The SMILES string of the molecule is C[C@H](O)CN1CCN(C[C@@H](O)c2ccc(Br)cc2)CC1. The minimum atomic E-state index is -0.439. The Morgan fingerprint density at radius 3 is 2.00 bits per heavy atom. The van der Waals surface area contributed by atoms with Crippen LogP contribution in [0.25, 0.3) is 0 Å². The van der Waals surface area contributed by atoms with Gasteiger partial charge >= 0.3 is 0 Å². The van der Waals surface area contributed by atoms with Crippen molar-refractivity contribution in [3.63, 3.8) is 0 Å². The van der Waals surface area contributed by atoms with Gasteiger partial charge in [0.2, 0.25) is 0 Å². The monoisotopic (exact) mass is 342 g/mol. The average molecular weight is 343 g/mol. The van der Waals surface area contributed by atoms with Crippen molar-refractivity contribution in [2.75, 3.05) is 39.3 Å². The number of β-amino-alcohol motifs (C(OH)–C–C–N with tert-alkyl or cyclic N) is 2. The lowest BCUT2D eigenvalue weighted by Crippen LogP contribution is -2.49. The van der Waals surface area contributed by atoms with Crippen molar-refractivity contribution in [1.82, 2.24) is 9.80 Å². The maximum Gasteiger partial charge on any atom is 0.0916 e. The number of halogens is 1. The molecule has 5 heteroatoms. The third-order valence-corrected chi connectivity index (χ3v) is 4.20. The van der Waals surface area contributed by atoms with Gasteiger partial charge in [-0.15, -0.1) is 0 Å². The van der Waals surface area contributed by atoms with Gasteiger partial charge in [-0.2, -0.15) is 0 Å². The van der Waals surface area contributed by atoms with Crippen LogP contribution in [0.4, 0.5) is 0 Å². The summed E-state index contributed by atoms with van der Waals surface area (Å²) in [6.45, 7) is 7.04. The van der Waals surface area contributed by atoms with Gasteiger partial charge in [-0.05, 0) is 24.6 Å². The van der Waals surface area contributed by atoms with E-state index in [1.807, 2.05) is 31.2 Å². The molecule has 1 aromatic rings. The van der Waals surface area contributed by atoms with Crippen LogP contribution in [0, 0.1) is 0 Å². The number of aliphatic hydroxyl groups is 2. The van der Waals surface area contributed by atoms with Crippen LogP contribution < -0.4 is 0 Å². The molecule has 1 fully saturated rings. The summed E-state index contributed by atoms with van der Waals surface area (Å²) in [7, 11) is 0. The summed E-state index contributed by atoms with van der Waals surface area (Å²) in [6.07, 6.45) is -0.707. The third-order valence-electron chi connectivity index (χ3n) is 3.67. The molecule has 2 N–H and O–H groups in total. The predicted molar refractivity (Wildman–Crippen MR) is 83.7 cm³/mol. The summed E-state index contributed by atoms with van der Waals surface area (Å²) in [4.78, 5) is 4.55. The molecule has 2 atom stereocenters. The van der Waals surface area contributed by atoms with Crippen LogP contribution in [-0.4, -0.2) is 65.4 Å². The molecule has 1 aromatic carbocycles. The van der Waals surface area contributed by atoms with Crippen LogP contribution in [0.15, 0.2) is 28.7 Å². The van der Waals surface area contributed by atoms with E-state index >= 15 is 0 Å². The van der Waals surface area contributed by atoms with E-state index in [4.69, 9.17) is 0 Å². The molecule has 4 nitrogen and oxygen atoms in total. The zero-order chi connectivity index (χ0) is 14.5. The summed E-state index contributed by atoms with van der Waals surface area (Å²) in [5.74, 6) is 0. The smallest absolute Gasteiger partial charge is 0.0916 e. The predicted octanol–water partition coefficient (Wildman–Crippen LogP) is 1.48. The van der Waals surface area contributed by atoms with E-state index in [-0.39, 0.29) is 6.10 Å². The van der Waals surface area contributed by atoms with Gasteiger partial charge < -0.3 is 10.2 Å². The van der Waals surface area contributed by atoms with Gasteiger partial charge in [0.1, 0.15) is 0 Å². The molecule has 20 heavy (non-hydrogen) atoms. The highest BCUT2D eigenvalue weighted by atomic mass is 79.9. The summed E-state index contributed by atoms with van der Waals surface area (Å²) in [6, 6.07) is 7.83. The zero-order valence-electron chi connectivity index (χ0n) is 11.9. The van der Waals surface area contributed by atoms with Crippen molar-refractivity contribution in [3.05, 3.63) is 34.3 Å². The molecule has 1 aliphatic rings. The fourth-order valence-corrected chi connectivity index (χ4v) is 2.83. The number of piperazine rings is 1. The second kappa shape index (κ2) is 7.52. The Bertz CT molecular complexity index is 403. The molecule has 1 saturated heterocycles. The molecular weight excluding hydrogens is 320 g/mol. The number of benzene rings is 1. The molecule has 1 heterocycles. The number of nitrogens with zero attached hydrogens (tertiary/aromatic N) is 2. The molecule has 0 radical (unpaired) electrons. The van der Waals surface area contributed by atoms with Crippen LogP contribution in [0.5, 0.6) is 0 Å². The largest absolute Gasteiger partial charge is 0.392 e. The molecule has 0 aliphatic carbocycles. The van der Waals surface area contributed by atoms with E-state index in [1.165, 1.54) is 0 Å². The van der Waals surface area contributed by atoms with Gasteiger partial charge in [0.15, 0.2) is 0 Å². The Morgan fingerprint density at radius 2 is 1.50 bits per heavy atom. The highest BCUT2D eigenvalue weighted by molar-refractivity contribution is 9.10. The molecular formula is C15H23BrN2O2. The molecule has 0 aromatic heterocycles. The van der Waals surface area contributed by atoms with Crippen LogP contribution in [-0.2, 0) is 0 Å². The molecule has 2 rings (SSSR count). The van der Waals surface area contributed by atoms with Crippen molar-refractivity contribution in [2.24, 2.45) is 0 Å². The Hall–Kier alpha value is -0.460. The van der Waals surface area contributed by atoms with Crippen LogP contribution in [0.2, 0.25) is 0 Å². The summed E-state index contributed by atoms with van der Waals surface area (Å²) < 4.78 is 1.03. The minimum Gasteiger partial charge on any atom is -0.392 e. The van der Waals surface area contributed by atoms with Crippen LogP contribution in [0.3, 0.4) is 0 Å². The average Bonchev–Trinajstić information content (AvgIpc) is 2.41. The first-order chi connectivity index (χ1) is 9.54.